The first-order valence-electron chi connectivity index (χ1n) is 8.25. The third-order valence-electron chi connectivity index (χ3n) is 4.41. The number of hydrogen-bond donors (Lipinski definition) is 0. The van der Waals surface area contributed by atoms with Crippen molar-refractivity contribution in [2.75, 3.05) is 6.54 Å². The quantitative estimate of drug-likeness (QED) is 0.802. The number of benzene rings is 2. The maximum atomic E-state index is 13.0. The van der Waals surface area contributed by atoms with Gasteiger partial charge in [-0.25, -0.2) is 12.7 Å². The topological polar surface area (TPSA) is 71.5 Å². The molecule has 136 valence electrons. The van der Waals surface area contributed by atoms with Gasteiger partial charge < -0.3 is 0 Å². The Balaban J connectivity index is 1.92. The first kappa shape index (κ1) is 18.6. The summed E-state index contributed by atoms with van der Waals surface area (Å²) < 4.78 is 26.6. The predicted octanol–water partition coefficient (Wildman–Crippen LogP) is 3.08. The molecule has 26 heavy (non-hydrogen) atoms. The van der Waals surface area contributed by atoms with Gasteiger partial charge in [-0.3, -0.25) is 9.59 Å². The van der Waals surface area contributed by atoms with E-state index in [9.17, 15) is 18.0 Å². The molecule has 0 radical (unpaired) electrons. The molecule has 0 spiro atoms. The number of sulfonamides is 1. The summed E-state index contributed by atoms with van der Waals surface area (Å²) in [4.78, 5) is 25.0. The van der Waals surface area contributed by atoms with Crippen LogP contribution in [0.1, 0.15) is 18.4 Å². The molecule has 1 saturated heterocycles. The van der Waals surface area contributed by atoms with Crippen molar-refractivity contribution in [3.8, 4) is 0 Å². The lowest BCUT2D eigenvalue weighted by Gasteiger charge is -2.23. The minimum absolute atomic E-state index is 0.0524. The summed E-state index contributed by atoms with van der Waals surface area (Å²) in [5, 5.41) is 0.393. The Morgan fingerprint density at radius 2 is 1.65 bits per heavy atom. The van der Waals surface area contributed by atoms with Crippen LogP contribution in [0.5, 0.6) is 0 Å². The van der Waals surface area contributed by atoms with Crippen LogP contribution in [0.2, 0.25) is 5.02 Å². The Morgan fingerprint density at radius 1 is 1.00 bits per heavy atom. The average Bonchev–Trinajstić information content (AvgIpc) is 2.77. The first-order chi connectivity index (χ1) is 12.4. The molecular formula is C19H18ClNO4S. The maximum absolute atomic E-state index is 13.0. The number of rotatable bonds is 4. The lowest BCUT2D eigenvalue weighted by Crippen LogP contribution is -2.42. The minimum atomic E-state index is -4.11. The molecule has 3 rings (SSSR count). The zero-order chi connectivity index (χ0) is 18.7. The standard InChI is InChI=1S/C19H18ClNO4S/c20-16-7-10-18(11-8-16)26(24,25)21-13-17(22)9-6-15(19(21)23)12-14-4-2-1-3-5-14/h1-5,7-8,10-11,15H,6,9,12-13H2. The highest BCUT2D eigenvalue weighted by Gasteiger charge is 2.37. The number of carbonyl (C=O) groups excluding carboxylic acids is 2. The molecule has 1 amide bonds. The zero-order valence-corrected chi connectivity index (χ0v) is 15.5. The molecule has 1 aliphatic rings. The Morgan fingerprint density at radius 3 is 2.31 bits per heavy atom. The van der Waals surface area contributed by atoms with Gasteiger partial charge in [-0.05, 0) is 42.7 Å². The molecule has 2 aromatic carbocycles. The van der Waals surface area contributed by atoms with Gasteiger partial charge in [-0.2, -0.15) is 0 Å². The molecule has 1 aliphatic heterocycles. The predicted molar refractivity (Wildman–Crippen MR) is 98.2 cm³/mol. The summed E-state index contributed by atoms with van der Waals surface area (Å²) >= 11 is 5.81. The van der Waals surface area contributed by atoms with Crippen molar-refractivity contribution in [1.82, 2.24) is 4.31 Å². The van der Waals surface area contributed by atoms with E-state index >= 15 is 0 Å². The van der Waals surface area contributed by atoms with Crippen LogP contribution < -0.4 is 0 Å². The van der Waals surface area contributed by atoms with Gasteiger partial charge >= 0.3 is 0 Å². The van der Waals surface area contributed by atoms with Gasteiger partial charge in [-0.1, -0.05) is 41.9 Å². The van der Waals surface area contributed by atoms with Crippen LogP contribution in [-0.4, -0.2) is 31.0 Å². The number of nitrogens with zero attached hydrogens (tertiary/aromatic N) is 1. The number of hydrogen-bond acceptors (Lipinski definition) is 4. The highest BCUT2D eigenvalue weighted by molar-refractivity contribution is 7.89. The first-order valence-corrected chi connectivity index (χ1v) is 10.1. The fourth-order valence-electron chi connectivity index (χ4n) is 3.00. The summed E-state index contributed by atoms with van der Waals surface area (Å²) in [6.07, 6.45) is 0.939. The van der Waals surface area contributed by atoms with Gasteiger partial charge in [0, 0.05) is 17.4 Å². The Hall–Kier alpha value is -2.18. The van der Waals surface area contributed by atoms with Crippen molar-refractivity contribution in [3.63, 3.8) is 0 Å². The van der Waals surface area contributed by atoms with Gasteiger partial charge in [0.25, 0.3) is 10.0 Å². The minimum Gasteiger partial charge on any atom is -0.298 e. The molecule has 0 aromatic heterocycles. The van der Waals surface area contributed by atoms with Crippen molar-refractivity contribution in [2.45, 2.75) is 24.2 Å². The zero-order valence-electron chi connectivity index (χ0n) is 14.0. The summed E-state index contributed by atoms with van der Waals surface area (Å²) in [5.41, 5.74) is 0.934. The largest absolute Gasteiger partial charge is 0.298 e. The highest BCUT2D eigenvalue weighted by Crippen LogP contribution is 2.26. The van der Waals surface area contributed by atoms with E-state index in [1.807, 2.05) is 30.3 Å². The lowest BCUT2D eigenvalue weighted by molar-refractivity contribution is -0.131. The maximum Gasteiger partial charge on any atom is 0.266 e. The summed E-state index contributed by atoms with van der Waals surface area (Å²) in [5.74, 6) is -1.34. The summed E-state index contributed by atoms with van der Waals surface area (Å²) in [7, 11) is -4.11. The molecule has 1 unspecified atom stereocenters. The second-order valence-electron chi connectivity index (χ2n) is 6.27. The molecule has 0 bridgehead atoms. The number of carbonyl (C=O) groups is 2. The van der Waals surface area contributed by atoms with Crippen molar-refractivity contribution in [2.24, 2.45) is 5.92 Å². The summed E-state index contributed by atoms with van der Waals surface area (Å²) in [6.45, 7) is -0.422. The van der Waals surface area contributed by atoms with Crippen LogP contribution in [0.3, 0.4) is 0 Å². The second-order valence-corrected chi connectivity index (χ2v) is 8.57. The van der Waals surface area contributed by atoms with Gasteiger partial charge in [0.1, 0.15) is 0 Å². The molecule has 2 aromatic rings. The molecular weight excluding hydrogens is 374 g/mol. The molecule has 1 atom stereocenters. The van der Waals surface area contributed by atoms with Gasteiger partial charge in [0.15, 0.2) is 5.78 Å². The molecule has 0 aliphatic carbocycles. The lowest BCUT2D eigenvalue weighted by atomic mass is 9.94. The van der Waals surface area contributed by atoms with Crippen LogP contribution in [0.15, 0.2) is 59.5 Å². The molecule has 1 fully saturated rings. The van der Waals surface area contributed by atoms with E-state index in [0.717, 1.165) is 9.87 Å². The van der Waals surface area contributed by atoms with Crippen LogP contribution in [0, 0.1) is 5.92 Å². The van der Waals surface area contributed by atoms with E-state index in [1.54, 1.807) is 0 Å². The van der Waals surface area contributed by atoms with Crippen LogP contribution >= 0.6 is 11.6 Å². The normalized spacial score (nSPS) is 18.7. The smallest absolute Gasteiger partial charge is 0.266 e. The van der Waals surface area contributed by atoms with E-state index in [1.165, 1.54) is 24.3 Å². The number of Topliss-reactive ketones (excluding diaryl/α,β-unsaturated/α-hetero) is 1. The second kappa shape index (κ2) is 7.60. The van der Waals surface area contributed by atoms with E-state index < -0.39 is 28.4 Å². The SMILES string of the molecule is O=C1CCC(Cc2ccccc2)C(=O)N(S(=O)(=O)c2ccc(Cl)cc2)C1. The Labute approximate surface area is 157 Å². The van der Waals surface area contributed by atoms with Crippen molar-refractivity contribution in [1.29, 1.82) is 0 Å². The third kappa shape index (κ3) is 3.97. The van der Waals surface area contributed by atoms with Crippen LogP contribution in [0.25, 0.3) is 0 Å². The van der Waals surface area contributed by atoms with Crippen LogP contribution in [0.4, 0.5) is 0 Å². The van der Waals surface area contributed by atoms with Crippen LogP contribution in [-0.2, 0) is 26.0 Å². The number of amides is 1. The fraction of sp³-hybridized carbons (Fsp3) is 0.263. The van der Waals surface area contributed by atoms with Crippen molar-refractivity contribution >= 4 is 33.3 Å². The van der Waals surface area contributed by atoms with Gasteiger partial charge in [0.05, 0.1) is 11.4 Å². The average molecular weight is 392 g/mol. The van der Waals surface area contributed by atoms with E-state index in [-0.39, 0.29) is 17.1 Å². The Bertz CT molecular complexity index is 910. The van der Waals surface area contributed by atoms with E-state index in [2.05, 4.69) is 0 Å². The van der Waals surface area contributed by atoms with E-state index in [4.69, 9.17) is 11.6 Å². The van der Waals surface area contributed by atoms with Gasteiger partial charge in [0.2, 0.25) is 5.91 Å². The number of halogens is 1. The fourth-order valence-corrected chi connectivity index (χ4v) is 4.57. The van der Waals surface area contributed by atoms with Crippen molar-refractivity contribution in [3.05, 3.63) is 65.2 Å². The molecule has 0 N–H and O–H groups in total. The third-order valence-corrected chi connectivity index (χ3v) is 6.42. The van der Waals surface area contributed by atoms with Gasteiger partial charge in [-0.15, -0.1) is 0 Å². The molecule has 7 heteroatoms. The molecule has 5 nitrogen and oxygen atoms in total. The van der Waals surface area contributed by atoms with E-state index in [0.29, 0.717) is 17.9 Å². The highest BCUT2D eigenvalue weighted by atomic mass is 35.5. The molecule has 1 heterocycles. The number of ketones is 1. The molecule has 0 saturated carbocycles. The Kier molecular flexibility index (Phi) is 5.44. The monoisotopic (exact) mass is 391 g/mol. The summed E-state index contributed by atoms with van der Waals surface area (Å²) in [6, 6.07) is 14.9. The van der Waals surface area contributed by atoms with Crippen molar-refractivity contribution < 1.29 is 18.0 Å².